The van der Waals surface area contributed by atoms with Crippen molar-refractivity contribution in [1.82, 2.24) is 0 Å². The maximum absolute atomic E-state index is 6.41. The van der Waals surface area contributed by atoms with Crippen molar-refractivity contribution in [2.75, 3.05) is 0 Å². The molecule has 2 aromatic rings. The summed E-state index contributed by atoms with van der Waals surface area (Å²) < 4.78 is 0. The van der Waals surface area contributed by atoms with Crippen molar-refractivity contribution in [2.24, 2.45) is 21.7 Å². The van der Waals surface area contributed by atoms with Gasteiger partial charge in [-0.15, -0.1) is 0 Å². The molecular weight excluding hydrogens is 272 g/mol. The zero-order valence-electron chi connectivity index (χ0n) is 12.1. The Bertz CT molecular complexity index is 703. The van der Waals surface area contributed by atoms with E-state index in [-0.39, 0.29) is 0 Å². The van der Waals surface area contributed by atoms with Crippen LogP contribution in [0.25, 0.3) is 0 Å². The van der Waals surface area contributed by atoms with E-state index in [4.69, 9.17) is 11.5 Å². The fourth-order valence-electron chi connectivity index (χ4n) is 2.28. The molecule has 4 heteroatoms. The number of benzene rings is 2. The summed E-state index contributed by atoms with van der Waals surface area (Å²) in [6.45, 7) is 0. The van der Waals surface area contributed by atoms with E-state index in [0.29, 0.717) is 0 Å². The lowest BCUT2D eigenvalue weighted by Crippen LogP contribution is -2.41. The third-order valence-electron chi connectivity index (χ3n) is 3.62. The van der Waals surface area contributed by atoms with Crippen molar-refractivity contribution in [3.63, 3.8) is 0 Å². The zero-order chi connectivity index (χ0) is 15.5. The lowest BCUT2D eigenvalue weighted by molar-refractivity contribution is 0.598. The molecule has 110 valence electrons. The Hall–Kier alpha value is -2.56. The molecule has 0 amide bonds. The van der Waals surface area contributed by atoms with E-state index in [1.807, 2.05) is 72.8 Å². The van der Waals surface area contributed by atoms with Crippen LogP contribution in [-0.4, -0.2) is 5.66 Å². The molecule has 1 aliphatic carbocycles. The Morgan fingerprint density at radius 1 is 0.682 bits per heavy atom. The molecule has 0 bridgehead atoms. The summed E-state index contributed by atoms with van der Waals surface area (Å²) in [5, 5.41) is 8.40. The molecule has 22 heavy (non-hydrogen) atoms. The van der Waals surface area contributed by atoms with E-state index >= 15 is 0 Å². The van der Waals surface area contributed by atoms with E-state index < -0.39 is 11.2 Å². The largest absolute Gasteiger partial charge is 0.315 e. The smallest absolute Gasteiger partial charge is 0.167 e. The number of hydrogen-bond acceptors (Lipinski definition) is 4. The first-order valence-electron chi connectivity index (χ1n) is 7.12. The van der Waals surface area contributed by atoms with Gasteiger partial charge >= 0.3 is 0 Å². The minimum absolute atomic E-state index is 0.660. The predicted octanol–water partition coefficient (Wildman–Crippen LogP) is 3.41. The summed E-state index contributed by atoms with van der Waals surface area (Å²) in [5.74, 6) is 0. The van der Waals surface area contributed by atoms with Crippen molar-refractivity contribution in [2.45, 2.75) is 11.2 Å². The van der Waals surface area contributed by atoms with Gasteiger partial charge in [0, 0.05) is 0 Å². The third-order valence-corrected chi connectivity index (χ3v) is 3.62. The van der Waals surface area contributed by atoms with E-state index in [0.717, 1.165) is 11.3 Å². The van der Waals surface area contributed by atoms with Crippen LogP contribution in [0.5, 0.6) is 0 Å². The second-order valence-electron chi connectivity index (χ2n) is 5.39. The fraction of sp³-hybridized carbons (Fsp3) is 0.111. The highest BCUT2D eigenvalue weighted by atomic mass is 15.2. The van der Waals surface area contributed by atoms with E-state index in [2.05, 4.69) is 10.2 Å². The van der Waals surface area contributed by atoms with Crippen LogP contribution in [0.3, 0.4) is 0 Å². The van der Waals surface area contributed by atoms with Crippen LogP contribution in [0.15, 0.2) is 95.2 Å². The van der Waals surface area contributed by atoms with Gasteiger partial charge < -0.3 is 5.73 Å². The topological polar surface area (TPSA) is 76.8 Å². The molecule has 0 unspecified atom stereocenters. The molecule has 0 saturated heterocycles. The van der Waals surface area contributed by atoms with Crippen molar-refractivity contribution in [3.05, 3.63) is 90.5 Å². The molecule has 2 aromatic carbocycles. The monoisotopic (exact) mass is 290 g/mol. The Labute approximate surface area is 129 Å². The molecule has 3 rings (SSSR count). The fourth-order valence-corrected chi connectivity index (χ4v) is 2.28. The summed E-state index contributed by atoms with van der Waals surface area (Å²) in [5.41, 5.74) is 12.8. The number of hydrogen-bond donors (Lipinski definition) is 2. The highest BCUT2D eigenvalue weighted by Crippen LogP contribution is 2.28. The van der Waals surface area contributed by atoms with E-state index in [1.165, 1.54) is 0 Å². The minimum atomic E-state index is -0.965. The van der Waals surface area contributed by atoms with Crippen LogP contribution in [0, 0.1) is 0 Å². The first kappa shape index (κ1) is 14.4. The SMILES string of the molecule is NC1(N=Nc2ccccc2)C=CC(N)(c2ccccc2)C=C1. The van der Waals surface area contributed by atoms with Crippen LogP contribution >= 0.6 is 0 Å². The molecule has 0 aromatic heterocycles. The standard InChI is InChI=1S/C18H18N4/c19-17(15-7-3-1-4-8-15)11-13-18(20,14-12-17)22-21-16-9-5-2-6-10-16/h1-14H,19-20H2. The lowest BCUT2D eigenvalue weighted by Gasteiger charge is -2.29. The molecule has 0 aliphatic heterocycles. The molecule has 0 spiro atoms. The van der Waals surface area contributed by atoms with Crippen molar-refractivity contribution in [3.8, 4) is 0 Å². The van der Waals surface area contributed by atoms with E-state index in [1.54, 1.807) is 12.2 Å². The van der Waals surface area contributed by atoms with Gasteiger partial charge in [0.25, 0.3) is 0 Å². The first-order chi connectivity index (χ1) is 10.6. The average molecular weight is 290 g/mol. The maximum atomic E-state index is 6.41. The normalized spacial score (nSPS) is 27.4. The van der Waals surface area contributed by atoms with Gasteiger partial charge in [-0.25, -0.2) is 0 Å². The van der Waals surface area contributed by atoms with Crippen LogP contribution < -0.4 is 11.5 Å². The highest BCUT2D eigenvalue weighted by Gasteiger charge is 2.29. The lowest BCUT2D eigenvalue weighted by atomic mass is 9.85. The molecule has 0 fully saturated rings. The van der Waals surface area contributed by atoms with Gasteiger partial charge in [-0.3, -0.25) is 5.73 Å². The Morgan fingerprint density at radius 2 is 1.23 bits per heavy atom. The van der Waals surface area contributed by atoms with Gasteiger partial charge in [0.1, 0.15) is 0 Å². The van der Waals surface area contributed by atoms with Gasteiger partial charge in [-0.2, -0.15) is 10.2 Å². The molecule has 0 atom stereocenters. The number of nitrogens with two attached hydrogens (primary N) is 2. The maximum Gasteiger partial charge on any atom is 0.167 e. The van der Waals surface area contributed by atoms with E-state index in [9.17, 15) is 0 Å². The van der Waals surface area contributed by atoms with Crippen molar-refractivity contribution >= 4 is 5.69 Å². The predicted molar refractivity (Wildman–Crippen MR) is 88.5 cm³/mol. The summed E-state index contributed by atoms with van der Waals surface area (Å²) in [6.07, 6.45) is 7.30. The molecule has 0 heterocycles. The molecule has 4 N–H and O–H groups in total. The molecule has 4 nitrogen and oxygen atoms in total. The Kier molecular flexibility index (Phi) is 3.71. The molecular formula is C18H18N4. The molecule has 0 saturated carbocycles. The van der Waals surface area contributed by atoms with Crippen LogP contribution in [0.2, 0.25) is 0 Å². The highest BCUT2D eigenvalue weighted by molar-refractivity contribution is 5.41. The van der Waals surface area contributed by atoms with Gasteiger partial charge in [-0.1, -0.05) is 60.7 Å². The number of azo groups is 1. The first-order valence-corrected chi connectivity index (χ1v) is 7.12. The average Bonchev–Trinajstić information content (AvgIpc) is 2.58. The Balaban J connectivity index is 1.81. The third kappa shape index (κ3) is 3.03. The van der Waals surface area contributed by atoms with Crippen molar-refractivity contribution in [1.29, 1.82) is 0 Å². The van der Waals surface area contributed by atoms with Gasteiger partial charge in [0.15, 0.2) is 5.66 Å². The molecule has 0 radical (unpaired) electrons. The van der Waals surface area contributed by atoms with Crippen LogP contribution in [0.4, 0.5) is 5.69 Å². The quantitative estimate of drug-likeness (QED) is 0.671. The van der Waals surface area contributed by atoms with Crippen molar-refractivity contribution < 1.29 is 0 Å². The zero-order valence-corrected chi connectivity index (χ0v) is 12.1. The second-order valence-corrected chi connectivity index (χ2v) is 5.39. The number of rotatable bonds is 3. The summed E-state index contributed by atoms with van der Waals surface area (Å²) in [7, 11) is 0. The van der Waals surface area contributed by atoms with Crippen LogP contribution in [-0.2, 0) is 5.54 Å². The van der Waals surface area contributed by atoms with Crippen LogP contribution in [0.1, 0.15) is 5.56 Å². The summed E-state index contributed by atoms with van der Waals surface area (Å²) >= 11 is 0. The van der Waals surface area contributed by atoms with Gasteiger partial charge in [0.05, 0.1) is 11.2 Å². The van der Waals surface area contributed by atoms with Gasteiger partial charge in [0.2, 0.25) is 0 Å². The number of nitrogens with zero attached hydrogens (tertiary/aromatic N) is 2. The molecule has 1 aliphatic rings. The van der Waals surface area contributed by atoms with Gasteiger partial charge in [-0.05, 0) is 29.8 Å². The Morgan fingerprint density at radius 3 is 1.82 bits per heavy atom. The second kappa shape index (κ2) is 5.67. The summed E-state index contributed by atoms with van der Waals surface area (Å²) in [6, 6.07) is 19.4. The minimum Gasteiger partial charge on any atom is -0.315 e. The summed E-state index contributed by atoms with van der Waals surface area (Å²) in [4.78, 5) is 0.